The Morgan fingerprint density at radius 3 is 2.42 bits per heavy atom. The van der Waals surface area contributed by atoms with Gasteiger partial charge in [0.05, 0.1) is 22.8 Å². The molecule has 1 rings (SSSR count). The Balaban J connectivity index is 2.99. The quantitative estimate of drug-likeness (QED) is 0.905. The van der Waals surface area contributed by atoms with Crippen LogP contribution >= 0.6 is 11.6 Å². The summed E-state index contributed by atoms with van der Waals surface area (Å²) in [6.07, 6.45) is -0.138. The number of aromatic nitrogens is 2. The van der Waals surface area contributed by atoms with Gasteiger partial charge in [0, 0.05) is 6.54 Å². The fourth-order valence-corrected chi connectivity index (χ4v) is 2.27. The molecule has 0 aliphatic heterocycles. The lowest BCUT2D eigenvalue weighted by atomic mass is 9.85. The number of aliphatic hydroxyl groups is 1. The molecule has 1 aromatic rings. The number of aliphatic hydroxyl groups excluding tert-OH is 1. The standard InChI is InChI=1S/C14H23ClN2O2/c1-6-9-12(15)10(17(7-2)16-9)8-11(18)13(19)14(3,4)5/h13,19H,6-8H2,1-5H3. The molecule has 108 valence electrons. The van der Waals surface area contributed by atoms with Gasteiger partial charge in [0.15, 0.2) is 5.78 Å². The van der Waals surface area contributed by atoms with Crippen molar-refractivity contribution in [3.63, 3.8) is 0 Å². The average molecular weight is 287 g/mol. The molecule has 0 aromatic carbocycles. The summed E-state index contributed by atoms with van der Waals surface area (Å²) in [6, 6.07) is 0. The van der Waals surface area contributed by atoms with E-state index < -0.39 is 11.5 Å². The normalized spacial score (nSPS) is 13.6. The maximum absolute atomic E-state index is 12.1. The van der Waals surface area contributed by atoms with Crippen LogP contribution in [-0.2, 0) is 24.2 Å². The van der Waals surface area contributed by atoms with E-state index in [-0.39, 0.29) is 12.2 Å². The number of Topliss-reactive ketones (excluding diaryl/α,β-unsaturated/α-hetero) is 1. The number of aryl methyl sites for hydroxylation is 2. The van der Waals surface area contributed by atoms with Crippen molar-refractivity contribution in [1.29, 1.82) is 0 Å². The molecule has 0 saturated carbocycles. The van der Waals surface area contributed by atoms with E-state index in [9.17, 15) is 9.90 Å². The fraction of sp³-hybridized carbons (Fsp3) is 0.714. The van der Waals surface area contributed by atoms with Crippen LogP contribution in [0.3, 0.4) is 0 Å². The summed E-state index contributed by atoms with van der Waals surface area (Å²) in [6.45, 7) is 10.1. The molecule has 0 saturated heterocycles. The van der Waals surface area contributed by atoms with E-state index in [1.807, 2.05) is 34.6 Å². The Morgan fingerprint density at radius 2 is 2.00 bits per heavy atom. The maximum Gasteiger partial charge on any atom is 0.167 e. The molecule has 1 aromatic heterocycles. The van der Waals surface area contributed by atoms with E-state index in [2.05, 4.69) is 5.10 Å². The zero-order valence-corrected chi connectivity index (χ0v) is 13.1. The van der Waals surface area contributed by atoms with Gasteiger partial charge < -0.3 is 5.11 Å². The summed E-state index contributed by atoms with van der Waals surface area (Å²) in [5.74, 6) is -0.216. The molecule has 4 nitrogen and oxygen atoms in total. The molecule has 1 atom stereocenters. The lowest BCUT2D eigenvalue weighted by molar-refractivity contribution is -0.131. The first-order chi connectivity index (χ1) is 8.72. The van der Waals surface area contributed by atoms with Crippen molar-refractivity contribution in [1.82, 2.24) is 9.78 Å². The molecule has 0 aliphatic rings. The number of hydrogen-bond donors (Lipinski definition) is 1. The lowest BCUT2D eigenvalue weighted by Crippen LogP contribution is -2.35. The van der Waals surface area contributed by atoms with Gasteiger partial charge >= 0.3 is 0 Å². The third-order valence-electron chi connectivity index (χ3n) is 3.16. The fourth-order valence-electron chi connectivity index (χ4n) is 1.93. The second-order valence-corrected chi connectivity index (χ2v) is 6.17. The minimum absolute atomic E-state index is 0.123. The predicted molar refractivity (Wildman–Crippen MR) is 76.5 cm³/mol. The second kappa shape index (κ2) is 6.06. The number of ketones is 1. The van der Waals surface area contributed by atoms with Gasteiger partial charge in [-0.1, -0.05) is 39.3 Å². The largest absolute Gasteiger partial charge is 0.385 e. The summed E-state index contributed by atoms with van der Waals surface area (Å²) in [5, 5.41) is 14.9. The highest BCUT2D eigenvalue weighted by Crippen LogP contribution is 2.25. The van der Waals surface area contributed by atoms with Gasteiger partial charge in [-0.05, 0) is 18.8 Å². The number of rotatable bonds is 5. The minimum atomic E-state index is -0.992. The van der Waals surface area contributed by atoms with Gasteiger partial charge in [-0.3, -0.25) is 9.48 Å². The van der Waals surface area contributed by atoms with E-state index in [0.717, 1.165) is 12.1 Å². The summed E-state index contributed by atoms with van der Waals surface area (Å²) in [7, 11) is 0. The molecule has 5 heteroatoms. The molecule has 1 unspecified atom stereocenters. The molecule has 0 fully saturated rings. The first-order valence-corrected chi connectivity index (χ1v) is 7.04. The van der Waals surface area contributed by atoms with Crippen molar-refractivity contribution in [3.05, 3.63) is 16.4 Å². The Hall–Kier alpha value is -0.870. The highest BCUT2D eigenvalue weighted by molar-refractivity contribution is 6.32. The van der Waals surface area contributed by atoms with E-state index in [0.29, 0.717) is 17.3 Å². The highest BCUT2D eigenvalue weighted by Gasteiger charge is 2.30. The molecule has 0 amide bonds. The summed E-state index contributed by atoms with van der Waals surface area (Å²) < 4.78 is 1.74. The third kappa shape index (κ3) is 3.57. The lowest BCUT2D eigenvalue weighted by Gasteiger charge is -2.24. The number of halogens is 1. The smallest absolute Gasteiger partial charge is 0.167 e. The minimum Gasteiger partial charge on any atom is -0.385 e. The van der Waals surface area contributed by atoms with Gasteiger partial charge in [0.2, 0.25) is 0 Å². The topological polar surface area (TPSA) is 55.1 Å². The van der Waals surface area contributed by atoms with Crippen molar-refractivity contribution in [2.75, 3.05) is 0 Å². The summed E-state index contributed by atoms with van der Waals surface area (Å²) >= 11 is 6.25. The summed E-state index contributed by atoms with van der Waals surface area (Å²) in [4.78, 5) is 12.1. The van der Waals surface area contributed by atoms with Gasteiger partial charge in [0.1, 0.15) is 6.10 Å². The van der Waals surface area contributed by atoms with Gasteiger partial charge in [-0.15, -0.1) is 0 Å². The van der Waals surface area contributed by atoms with Crippen molar-refractivity contribution >= 4 is 17.4 Å². The first-order valence-electron chi connectivity index (χ1n) is 6.67. The van der Waals surface area contributed by atoms with Crippen LogP contribution in [0.4, 0.5) is 0 Å². The van der Waals surface area contributed by atoms with Crippen molar-refractivity contribution in [2.45, 2.75) is 60.1 Å². The maximum atomic E-state index is 12.1. The van der Waals surface area contributed by atoms with E-state index in [1.165, 1.54) is 0 Å². The van der Waals surface area contributed by atoms with Crippen LogP contribution in [0.5, 0.6) is 0 Å². The Morgan fingerprint density at radius 1 is 1.42 bits per heavy atom. The van der Waals surface area contributed by atoms with Crippen LogP contribution in [0, 0.1) is 5.41 Å². The summed E-state index contributed by atoms with van der Waals surface area (Å²) in [5.41, 5.74) is 1.04. The third-order valence-corrected chi connectivity index (χ3v) is 3.60. The Kier molecular flexibility index (Phi) is 5.16. The molecule has 0 radical (unpaired) electrons. The van der Waals surface area contributed by atoms with E-state index in [1.54, 1.807) is 4.68 Å². The van der Waals surface area contributed by atoms with Crippen molar-refractivity contribution in [3.8, 4) is 0 Å². The number of carbonyl (C=O) groups excluding carboxylic acids is 1. The van der Waals surface area contributed by atoms with E-state index >= 15 is 0 Å². The number of carbonyl (C=O) groups is 1. The van der Waals surface area contributed by atoms with Crippen molar-refractivity contribution in [2.24, 2.45) is 5.41 Å². The predicted octanol–water partition coefficient (Wildman–Crippen LogP) is 2.64. The second-order valence-electron chi connectivity index (χ2n) is 5.79. The Bertz CT molecular complexity index is 461. The molecular weight excluding hydrogens is 264 g/mol. The molecule has 0 spiro atoms. The van der Waals surface area contributed by atoms with Crippen LogP contribution in [0.25, 0.3) is 0 Å². The van der Waals surface area contributed by atoms with Gasteiger partial charge in [-0.25, -0.2) is 0 Å². The monoisotopic (exact) mass is 286 g/mol. The molecular formula is C14H23ClN2O2. The Labute approximate surface area is 119 Å². The first kappa shape index (κ1) is 16.2. The molecule has 19 heavy (non-hydrogen) atoms. The van der Waals surface area contributed by atoms with Crippen LogP contribution < -0.4 is 0 Å². The van der Waals surface area contributed by atoms with Gasteiger partial charge in [0.25, 0.3) is 0 Å². The van der Waals surface area contributed by atoms with E-state index in [4.69, 9.17) is 11.6 Å². The SMILES string of the molecule is CCc1nn(CC)c(CC(=O)C(O)C(C)(C)C)c1Cl. The zero-order valence-electron chi connectivity index (χ0n) is 12.3. The average Bonchev–Trinajstić information content (AvgIpc) is 2.64. The molecule has 1 heterocycles. The number of nitrogens with zero attached hydrogens (tertiary/aromatic N) is 2. The molecule has 1 N–H and O–H groups in total. The van der Waals surface area contributed by atoms with Crippen LogP contribution in [0.2, 0.25) is 5.02 Å². The van der Waals surface area contributed by atoms with Crippen LogP contribution in [-0.4, -0.2) is 26.8 Å². The van der Waals surface area contributed by atoms with Crippen LogP contribution in [0.15, 0.2) is 0 Å². The van der Waals surface area contributed by atoms with Gasteiger partial charge in [-0.2, -0.15) is 5.10 Å². The van der Waals surface area contributed by atoms with Crippen LogP contribution in [0.1, 0.15) is 46.0 Å². The van der Waals surface area contributed by atoms with Crippen molar-refractivity contribution < 1.29 is 9.90 Å². The highest BCUT2D eigenvalue weighted by atomic mass is 35.5. The molecule has 0 aliphatic carbocycles. The number of hydrogen-bond acceptors (Lipinski definition) is 3. The molecule has 0 bridgehead atoms. The zero-order chi connectivity index (χ0) is 14.8.